The van der Waals surface area contributed by atoms with Gasteiger partial charge in [0, 0.05) is 17.1 Å². The van der Waals surface area contributed by atoms with Gasteiger partial charge < -0.3 is 0 Å². The van der Waals surface area contributed by atoms with E-state index in [-0.39, 0.29) is 5.91 Å². The van der Waals surface area contributed by atoms with Crippen molar-refractivity contribution in [3.63, 3.8) is 0 Å². The first-order valence-electron chi connectivity index (χ1n) is 5.47. The standard InChI is InChI=1S/C12H13ClN2OS/c1-2-17-12-14-6-7-15(12)11(16)9-4-3-5-10(13)8-9/h3-5,8H,2,6-7H2,1H3. The first-order chi connectivity index (χ1) is 8.22. The maximum absolute atomic E-state index is 12.3. The Kier molecular flexibility index (Phi) is 4.07. The molecule has 0 saturated heterocycles. The summed E-state index contributed by atoms with van der Waals surface area (Å²) in [4.78, 5) is 18.3. The maximum Gasteiger partial charge on any atom is 0.259 e. The first-order valence-corrected chi connectivity index (χ1v) is 6.83. The summed E-state index contributed by atoms with van der Waals surface area (Å²) in [6.45, 7) is 3.40. The third-order valence-electron chi connectivity index (χ3n) is 2.39. The Morgan fingerprint density at radius 3 is 3.12 bits per heavy atom. The lowest BCUT2D eigenvalue weighted by atomic mass is 10.2. The van der Waals surface area contributed by atoms with Crippen LogP contribution in [0.2, 0.25) is 5.02 Å². The summed E-state index contributed by atoms with van der Waals surface area (Å²) in [7, 11) is 0. The summed E-state index contributed by atoms with van der Waals surface area (Å²) in [5.74, 6) is 0.891. The minimum absolute atomic E-state index is 0.0234. The second-order valence-corrected chi connectivity index (χ2v) is 5.23. The highest BCUT2D eigenvalue weighted by atomic mass is 35.5. The van der Waals surface area contributed by atoms with Crippen molar-refractivity contribution in [2.24, 2.45) is 4.99 Å². The average Bonchev–Trinajstić information content (AvgIpc) is 2.77. The number of amides is 1. The van der Waals surface area contributed by atoms with E-state index >= 15 is 0 Å². The van der Waals surface area contributed by atoms with Crippen molar-refractivity contribution in [2.75, 3.05) is 18.8 Å². The lowest BCUT2D eigenvalue weighted by molar-refractivity contribution is 0.0860. The van der Waals surface area contributed by atoms with Crippen molar-refractivity contribution in [3.05, 3.63) is 34.9 Å². The van der Waals surface area contributed by atoms with Crippen LogP contribution < -0.4 is 0 Å². The molecule has 0 aromatic heterocycles. The molecular weight excluding hydrogens is 256 g/mol. The van der Waals surface area contributed by atoms with Crippen LogP contribution in [-0.4, -0.2) is 34.8 Å². The molecule has 17 heavy (non-hydrogen) atoms. The largest absolute Gasteiger partial charge is 0.286 e. The van der Waals surface area contributed by atoms with E-state index in [2.05, 4.69) is 4.99 Å². The minimum atomic E-state index is -0.0234. The third kappa shape index (κ3) is 2.82. The van der Waals surface area contributed by atoms with Crippen molar-refractivity contribution >= 4 is 34.4 Å². The molecule has 90 valence electrons. The van der Waals surface area contributed by atoms with Crippen molar-refractivity contribution < 1.29 is 4.79 Å². The number of hydrogen-bond acceptors (Lipinski definition) is 3. The molecule has 1 heterocycles. The average molecular weight is 269 g/mol. The maximum atomic E-state index is 12.3. The van der Waals surface area contributed by atoms with Crippen molar-refractivity contribution in [1.29, 1.82) is 0 Å². The van der Waals surface area contributed by atoms with Gasteiger partial charge in [-0.3, -0.25) is 14.7 Å². The molecule has 0 bridgehead atoms. The van der Waals surface area contributed by atoms with Gasteiger partial charge >= 0.3 is 0 Å². The summed E-state index contributed by atoms with van der Waals surface area (Å²) in [5, 5.41) is 1.40. The summed E-state index contributed by atoms with van der Waals surface area (Å²) >= 11 is 7.48. The highest BCUT2D eigenvalue weighted by Gasteiger charge is 2.24. The molecule has 1 aromatic rings. The monoisotopic (exact) mass is 268 g/mol. The van der Waals surface area contributed by atoms with Gasteiger partial charge in [0.25, 0.3) is 5.91 Å². The van der Waals surface area contributed by atoms with Gasteiger partial charge in [0.05, 0.1) is 6.54 Å². The van der Waals surface area contributed by atoms with Crippen molar-refractivity contribution in [2.45, 2.75) is 6.92 Å². The molecule has 3 nitrogen and oxygen atoms in total. The van der Waals surface area contributed by atoms with Crippen LogP contribution in [0.5, 0.6) is 0 Å². The normalized spacial score (nSPS) is 14.9. The Hall–Kier alpha value is -1.00. The molecule has 2 rings (SSSR count). The number of carbonyl (C=O) groups excluding carboxylic acids is 1. The van der Waals surface area contributed by atoms with Crippen LogP contribution >= 0.6 is 23.4 Å². The predicted molar refractivity (Wildman–Crippen MR) is 72.9 cm³/mol. The zero-order chi connectivity index (χ0) is 12.3. The fourth-order valence-electron chi connectivity index (χ4n) is 1.65. The molecule has 0 aliphatic carbocycles. The van der Waals surface area contributed by atoms with Gasteiger partial charge in [-0.05, 0) is 24.0 Å². The highest BCUT2D eigenvalue weighted by molar-refractivity contribution is 8.13. The molecule has 0 atom stereocenters. The van der Waals surface area contributed by atoms with E-state index in [4.69, 9.17) is 11.6 Å². The van der Waals surface area contributed by atoms with E-state index in [0.717, 1.165) is 10.9 Å². The quantitative estimate of drug-likeness (QED) is 0.826. The smallest absolute Gasteiger partial charge is 0.259 e. The number of thioether (sulfide) groups is 1. The third-order valence-corrected chi connectivity index (χ3v) is 3.52. The molecule has 5 heteroatoms. The fourth-order valence-corrected chi connectivity index (χ4v) is 2.61. The fraction of sp³-hybridized carbons (Fsp3) is 0.333. The van der Waals surface area contributed by atoms with Crippen LogP contribution in [0.4, 0.5) is 0 Å². The molecule has 1 aromatic carbocycles. The molecule has 0 saturated carbocycles. The summed E-state index contributed by atoms with van der Waals surface area (Å²) < 4.78 is 0. The van der Waals surface area contributed by atoms with E-state index in [1.807, 2.05) is 6.92 Å². The van der Waals surface area contributed by atoms with Crippen LogP contribution in [0, 0.1) is 0 Å². The number of aliphatic imine (C=N–C) groups is 1. The van der Waals surface area contributed by atoms with Gasteiger partial charge in [-0.25, -0.2) is 0 Å². The number of benzene rings is 1. The van der Waals surface area contributed by atoms with Gasteiger partial charge in [0.2, 0.25) is 0 Å². The number of rotatable bonds is 2. The van der Waals surface area contributed by atoms with Crippen LogP contribution in [0.25, 0.3) is 0 Å². The van der Waals surface area contributed by atoms with Gasteiger partial charge in [0.1, 0.15) is 0 Å². The number of nitrogens with zero attached hydrogens (tertiary/aromatic N) is 2. The van der Waals surface area contributed by atoms with Crippen LogP contribution in [-0.2, 0) is 0 Å². The SMILES string of the molecule is CCSC1=NCCN1C(=O)c1cccc(Cl)c1. The minimum Gasteiger partial charge on any atom is -0.286 e. The molecule has 0 unspecified atom stereocenters. The van der Waals surface area contributed by atoms with Crippen LogP contribution in [0.1, 0.15) is 17.3 Å². The molecule has 1 aliphatic rings. The second kappa shape index (κ2) is 5.56. The predicted octanol–water partition coefficient (Wildman–Crippen LogP) is 2.90. The molecule has 0 N–H and O–H groups in total. The molecule has 0 spiro atoms. The van der Waals surface area contributed by atoms with E-state index in [0.29, 0.717) is 23.7 Å². The summed E-state index contributed by atoms with van der Waals surface area (Å²) in [6, 6.07) is 7.02. The zero-order valence-corrected chi connectivity index (χ0v) is 11.1. The summed E-state index contributed by atoms with van der Waals surface area (Å²) in [6.07, 6.45) is 0. The molecule has 1 aliphatic heterocycles. The Balaban J connectivity index is 2.18. The van der Waals surface area contributed by atoms with Gasteiger partial charge in [-0.2, -0.15) is 0 Å². The van der Waals surface area contributed by atoms with E-state index < -0.39 is 0 Å². The molecule has 0 fully saturated rings. The lowest BCUT2D eigenvalue weighted by Gasteiger charge is -2.17. The van der Waals surface area contributed by atoms with Crippen LogP contribution in [0.15, 0.2) is 29.3 Å². The number of halogens is 1. The number of carbonyl (C=O) groups is 1. The topological polar surface area (TPSA) is 32.7 Å². The second-order valence-electron chi connectivity index (χ2n) is 3.56. The van der Waals surface area contributed by atoms with Gasteiger partial charge in [-0.1, -0.05) is 36.4 Å². The Morgan fingerprint density at radius 1 is 1.59 bits per heavy atom. The van der Waals surface area contributed by atoms with Gasteiger partial charge in [0.15, 0.2) is 5.17 Å². The lowest BCUT2D eigenvalue weighted by Crippen LogP contribution is -2.32. The highest BCUT2D eigenvalue weighted by Crippen LogP contribution is 2.19. The molecule has 0 radical (unpaired) electrons. The first kappa shape index (κ1) is 12.5. The molecular formula is C12H13ClN2OS. The van der Waals surface area contributed by atoms with E-state index in [9.17, 15) is 4.79 Å². The Morgan fingerprint density at radius 2 is 2.41 bits per heavy atom. The number of hydrogen-bond donors (Lipinski definition) is 0. The van der Waals surface area contributed by atoms with E-state index in [1.54, 1.807) is 40.9 Å². The number of amidine groups is 1. The Bertz CT molecular complexity index is 462. The molecule has 1 amide bonds. The summed E-state index contributed by atoms with van der Waals surface area (Å²) in [5.41, 5.74) is 0.615. The zero-order valence-electron chi connectivity index (χ0n) is 9.52. The van der Waals surface area contributed by atoms with Gasteiger partial charge in [-0.15, -0.1) is 0 Å². The van der Waals surface area contributed by atoms with E-state index in [1.165, 1.54) is 0 Å². The van der Waals surface area contributed by atoms with Crippen molar-refractivity contribution in [3.8, 4) is 0 Å². The van der Waals surface area contributed by atoms with Crippen LogP contribution in [0.3, 0.4) is 0 Å². The van der Waals surface area contributed by atoms with Crippen molar-refractivity contribution in [1.82, 2.24) is 4.90 Å². The Labute approximate surface area is 110 Å².